The Labute approximate surface area is 137 Å². The van der Waals surface area contributed by atoms with E-state index < -0.39 is 18.4 Å². The smallest absolute Gasteiger partial charge is 0.229 e. The maximum atomic E-state index is 12.4. The molecular weight excluding hydrogens is 317 g/mol. The fraction of sp³-hybridized carbons (Fsp3) is 0.625. The summed E-state index contributed by atoms with van der Waals surface area (Å²) in [5, 5.41) is 0.713. The molecule has 1 aromatic rings. The lowest BCUT2D eigenvalue weighted by molar-refractivity contribution is 0.345. The van der Waals surface area contributed by atoms with Crippen LogP contribution in [0.25, 0.3) is 0 Å². The summed E-state index contributed by atoms with van der Waals surface area (Å²) >= 11 is 0. The topological polar surface area (TPSA) is 55.4 Å². The molecule has 1 aromatic carbocycles. The van der Waals surface area contributed by atoms with E-state index in [0.717, 1.165) is 12.0 Å². The molecule has 0 heterocycles. The van der Waals surface area contributed by atoms with Crippen molar-refractivity contribution < 1.29 is 13.3 Å². The van der Waals surface area contributed by atoms with Gasteiger partial charge >= 0.3 is 0 Å². The summed E-state index contributed by atoms with van der Waals surface area (Å²) in [6.07, 6.45) is 0.830. The third kappa shape index (κ3) is 5.31. The highest BCUT2D eigenvalue weighted by Crippen LogP contribution is 2.41. The van der Waals surface area contributed by atoms with Gasteiger partial charge in [-0.25, -0.2) is 8.93 Å². The molecule has 0 aliphatic heterocycles. The van der Waals surface area contributed by atoms with E-state index in [9.17, 15) is 8.77 Å². The van der Waals surface area contributed by atoms with Gasteiger partial charge in [0.25, 0.3) is 0 Å². The molecule has 0 radical (unpaired) electrons. The third-order valence-corrected chi connectivity index (χ3v) is 6.95. The van der Waals surface area contributed by atoms with E-state index in [2.05, 4.69) is 11.6 Å². The van der Waals surface area contributed by atoms with Crippen molar-refractivity contribution in [1.82, 2.24) is 4.72 Å². The number of benzene rings is 1. The number of hydrogen-bond donors (Lipinski definition) is 1. The van der Waals surface area contributed by atoms with Crippen molar-refractivity contribution in [3.05, 3.63) is 29.8 Å². The molecule has 0 saturated heterocycles. The highest BCUT2D eigenvalue weighted by atomic mass is 32.2. The van der Waals surface area contributed by atoms with Gasteiger partial charge in [-0.1, -0.05) is 19.1 Å². The van der Waals surface area contributed by atoms with Crippen LogP contribution in [-0.4, -0.2) is 22.2 Å². The second-order valence-electron chi connectivity index (χ2n) is 6.31. The minimum atomic E-state index is -2.74. The molecule has 0 saturated carbocycles. The van der Waals surface area contributed by atoms with Crippen LogP contribution < -0.4 is 10.0 Å². The van der Waals surface area contributed by atoms with E-state index in [0.29, 0.717) is 11.9 Å². The Balaban J connectivity index is 2.92. The van der Waals surface area contributed by atoms with Gasteiger partial charge in [-0.2, -0.15) is 0 Å². The van der Waals surface area contributed by atoms with Crippen LogP contribution in [-0.2, 0) is 20.1 Å². The summed E-state index contributed by atoms with van der Waals surface area (Å²) in [4.78, 5) is 0. The zero-order valence-corrected chi connectivity index (χ0v) is 16.1. The minimum absolute atomic E-state index is 0.0115. The van der Waals surface area contributed by atoms with Crippen molar-refractivity contribution in [2.75, 3.05) is 13.3 Å². The zero-order chi connectivity index (χ0) is 17.0. The van der Waals surface area contributed by atoms with Crippen LogP contribution >= 0.6 is 7.37 Å². The molecule has 1 rings (SSSR count). The standard InChI is InChI=1S/C16H28NO3PS/c1-7-15(17-22(19)16(3,4)5)13-9-11-14(12-10-13)21(6,18)20-8-2/h9-12,15,17H,7-8H2,1-6H3. The Bertz CT molecular complexity index is 552. The minimum Gasteiger partial charge on any atom is -0.326 e. The summed E-state index contributed by atoms with van der Waals surface area (Å²) in [7, 11) is -3.86. The molecule has 0 fully saturated rings. The zero-order valence-electron chi connectivity index (χ0n) is 14.4. The molecule has 0 bridgehead atoms. The molecule has 4 nitrogen and oxygen atoms in total. The van der Waals surface area contributed by atoms with E-state index in [1.165, 1.54) is 0 Å². The second-order valence-corrected chi connectivity index (χ2v) is 10.8. The van der Waals surface area contributed by atoms with Crippen LogP contribution in [0.2, 0.25) is 0 Å². The number of rotatable bonds is 7. The molecule has 3 unspecified atom stereocenters. The molecule has 0 aliphatic rings. The molecule has 22 heavy (non-hydrogen) atoms. The van der Waals surface area contributed by atoms with Crippen LogP contribution in [0.4, 0.5) is 0 Å². The summed E-state index contributed by atoms with van der Waals surface area (Å²) in [5.74, 6) is 0. The first-order valence-electron chi connectivity index (χ1n) is 7.62. The normalized spacial score (nSPS) is 17.7. The van der Waals surface area contributed by atoms with Crippen molar-refractivity contribution in [2.24, 2.45) is 0 Å². The molecule has 0 spiro atoms. The van der Waals surface area contributed by atoms with Crippen molar-refractivity contribution in [1.29, 1.82) is 0 Å². The average molecular weight is 345 g/mol. The largest absolute Gasteiger partial charge is 0.326 e. The van der Waals surface area contributed by atoms with Crippen LogP contribution in [0.5, 0.6) is 0 Å². The fourth-order valence-corrected chi connectivity index (χ4v) is 4.24. The van der Waals surface area contributed by atoms with E-state index in [-0.39, 0.29) is 10.8 Å². The first-order valence-corrected chi connectivity index (χ1v) is 10.8. The lowest BCUT2D eigenvalue weighted by Crippen LogP contribution is -2.35. The van der Waals surface area contributed by atoms with Gasteiger partial charge in [-0.05, 0) is 51.8 Å². The van der Waals surface area contributed by atoms with Gasteiger partial charge in [0.05, 0.1) is 22.3 Å². The number of nitrogens with one attached hydrogen (secondary N) is 1. The molecule has 1 N–H and O–H groups in total. The van der Waals surface area contributed by atoms with Crippen molar-refractivity contribution in [3.8, 4) is 0 Å². The lowest BCUT2D eigenvalue weighted by Gasteiger charge is -2.24. The van der Waals surface area contributed by atoms with Gasteiger partial charge in [0.1, 0.15) is 0 Å². The maximum Gasteiger partial charge on any atom is 0.229 e. The molecular formula is C16H28NO3PS. The van der Waals surface area contributed by atoms with Gasteiger partial charge in [-0.3, -0.25) is 4.57 Å². The summed E-state index contributed by atoms with van der Waals surface area (Å²) in [6.45, 7) is 11.8. The Kier molecular flexibility index (Phi) is 7.00. The molecule has 0 aromatic heterocycles. The molecule has 0 aliphatic carbocycles. The summed E-state index contributed by atoms with van der Waals surface area (Å²) in [6, 6.07) is 7.57. The summed E-state index contributed by atoms with van der Waals surface area (Å²) < 4.78 is 32.9. The van der Waals surface area contributed by atoms with Crippen LogP contribution in [0.15, 0.2) is 24.3 Å². The maximum absolute atomic E-state index is 12.4. The van der Waals surface area contributed by atoms with Crippen LogP contribution in [0.1, 0.15) is 52.6 Å². The Morgan fingerprint density at radius 1 is 1.23 bits per heavy atom. The van der Waals surface area contributed by atoms with Gasteiger partial charge in [0.15, 0.2) is 0 Å². The first kappa shape index (κ1) is 19.6. The Hall–Kier alpha value is -0.480. The van der Waals surface area contributed by atoms with Crippen molar-refractivity contribution >= 4 is 23.7 Å². The van der Waals surface area contributed by atoms with Gasteiger partial charge in [0.2, 0.25) is 7.37 Å². The van der Waals surface area contributed by atoms with Crippen molar-refractivity contribution in [2.45, 2.75) is 51.8 Å². The fourth-order valence-electron chi connectivity index (χ4n) is 1.99. The van der Waals surface area contributed by atoms with E-state index in [1.54, 1.807) is 6.66 Å². The van der Waals surface area contributed by atoms with Crippen LogP contribution in [0, 0.1) is 0 Å². The highest BCUT2D eigenvalue weighted by Gasteiger charge is 2.23. The third-order valence-electron chi connectivity index (χ3n) is 3.35. The van der Waals surface area contributed by atoms with Gasteiger partial charge < -0.3 is 4.52 Å². The highest BCUT2D eigenvalue weighted by molar-refractivity contribution is 7.84. The Morgan fingerprint density at radius 3 is 2.18 bits per heavy atom. The average Bonchev–Trinajstić information content (AvgIpc) is 2.43. The number of hydrogen-bond acceptors (Lipinski definition) is 3. The molecule has 6 heteroatoms. The molecule has 3 atom stereocenters. The molecule has 126 valence electrons. The SMILES string of the molecule is CCOP(C)(=O)c1ccc(C(CC)NS(=O)C(C)(C)C)cc1. The van der Waals surface area contributed by atoms with Gasteiger partial charge in [-0.15, -0.1) is 0 Å². The van der Waals surface area contributed by atoms with Gasteiger partial charge in [0, 0.05) is 18.0 Å². The predicted molar refractivity (Wildman–Crippen MR) is 95.3 cm³/mol. The quantitative estimate of drug-likeness (QED) is 0.766. The first-order chi connectivity index (χ1) is 10.1. The van der Waals surface area contributed by atoms with E-state index >= 15 is 0 Å². The molecule has 0 amide bonds. The van der Waals surface area contributed by atoms with Crippen LogP contribution in [0.3, 0.4) is 0 Å². The van der Waals surface area contributed by atoms with Crippen molar-refractivity contribution in [3.63, 3.8) is 0 Å². The van der Waals surface area contributed by atoms with E-state index in [4.69, 9.17) is 4.52 Å². The van der Waals surface area contributed by atoms with E-state index in [1.807, 2.05) is 52.0 Å². The second kappa shape index (κ2) is 7.87. The predicted octanol–water partition coefficient (Wildman–Crippen LogP) is 3.76. The lowest BCUT2D eigenvalue weighted by atomic mass is 10.1. The monoisotopic (exact) mass is 345 g/mol. The summed E-state index contributed by atoms with van der Waals surface area (Å²) in [5.41, 5.74) is 1.04. The Morgan fingerprint density at radius 2 is 1.77 bits per heavy atom.